The molecule has 2 aliphatic rings. The number of hydrogen-bond acceptors (Lipinski definition) is 6. The lowest BCUT2D eigenvalue weighted by atomic mass is 10.0. The molecule has 0 unspecified atom stereocenters. The van der Waals surface area contributed by atoms with Crippen molar-refractivity contribution in [3.05, 3.63) is 47.1 Å². The van der Waals surface area contributed by atoms with E-state index in [1.54, 1.807) is 0 Å². The zero-order valence-corrected chi connectivity index (χ0v) is 18.6. The molecule has 1 saturated heterocycles. The van der Waals surface area contributed by atoms with Gasteiger partial charge in [-0.1, -0.05) is 41.9 Å². The predicted octanol–water partition coefficient (Wildman–Crippen LogP) is 3.60. The highest BCUT2D eigenvalue weighted by atomic mass is 16.5. The number of rotatable bonds is 7. The summed E-state index contributed by atoms with van der Waals surface area (Å²) < 4.78 is 11.1. The van der Waals surface area contributed by atoms with Crippen LogP contribution in [0.25, 0.3) is 11.4 Å². The maximum absolute atomic E-state index is 12.9. The fraction of sp³-hybridized carbons (Fsp3) is 0.542. The van der Waals surface area contributed by atoms with Crippen molar-refractivity contribution < 1.29 is 14.1 Å². The van der Waals surface area contributed by atoms with Crippen LogP contribution in [0.2, 0.25) is 0 Å². The fourth-order valence-corrected chi connectivity index (χ4v) is 4.21. The van der Waals surface area contributed by atoms with Crippen LogP contribution < -0.4 is 0 Å². The van der Waals surface area contributed by atoms with Crippen LogP contribution in [-0.2, 0) is 16.0 Å². The second kappa shape index (κ2) is 10.1. The summed E-state index contributed by atoms with van der Waals surface area (Å²) in [5.41, 5.74) is 3.08. The molecule has 3 heterocycles. The highest BCUT2D eigenvalue weighted by molar-refractivity contribution is 5.94. The molecule has 31 heavy (non-hydrogen) atoms. The molecule has 0 radical (unpaired) electrons. The molecule has 1 amide bonds. The van der Waals surface area contributed by atoms with Gasteiger partial charge in [0.15, 0.2) is 0 Å². The molecule has 1 aromatic carbocycles. The molecule has 0 atom stereocenters. The average Bonchev–Trinajstić information content (AvgIpc) is 3.28. The summed E-state index contributed by atoms with van der Waals surface area (Å²) in [6.45, 7) is 9.18. The summed E-state index contributed by atoms with van der Waals surface area (Å²) in [6.07, 6.45) is 4.30. The molecule has 0 aliphatic carbocycles. The van der Waals surface area contributed by atoms with Gasteiger partial charge in [-0.25, -0.2) is 0 Å². The number of ether oxygens (including phenoxy) is 1. The summed E-state index contributed by atoms with van der Waals surface area (Å²) in [5.74, 6) is 2.39. The molecule has 166 valence electrons. The number of allylic oxidation sites excluding steroid dienone is 1. The summed E-state index contributed by atoms with van der Waals surface area (Å²) in [6, 6.07) is 8.14. The van der Waals surface area contributed by atoms with Crippen LogP contribution >= 0.6 is 0 Å². The quantitative estimate of drug-likeness (QED) is 0.676. The van der Waals surface area contributed by atoms with E-state index in [-0.39, 0.29) is 5.91 Å². The second-order valence-corrected chi connectivity index (χ2v) is 8.32. The first-order valence-corrected chi connectivity index (χ1v) is 11.4. The minimum absolute atomic E-state index is 0.172. The second-order valence-electron chi connectivity index (χ2n) is 8.32. The Balaban J connectivity index is 1.22. The zero-order valence-electron chi connectivity index (χ0n) is 18.6. The lowest BCUT2D eigenvalue weighted by Gasteiger charge is -2.36. The number of piperazine rings is 1. The van der Waals surface area contributed by atoms with Crippen molar-refractivity contribution in [2.75, 3.05) is 39.3 Å². The molecule has 0 N–H and O–H groups in total. The van der Waals surface area contributed by atoms with E-state index in [0.717, 1.165) is 88.3 Å². The minimum atomic E-state index is 0.172. The third-order valence-corrected chi connectivity index (χ3v) is 6.07. The summed E-state index contributed by atoms with van der Waals surface area (Å²) in [4.78, 5) is 21.8. The first kappa shape index (κ1) is 21.6. The minimum Gasteiger partial charge on any atom is -0.497 e. The Kier molecular flexibility index (Phi) is 7.02. The molecular formula is C24H32N4O3. The SMILES string of the molecule is CCC1=C(C(=O)N2CCN(CCCc3nc(-c4ccc(C)cc4)no3)CC2)CCCO1. The molecule has 0 bridgehead atoms. The Morgan fingerprint density at radius 2 is 1.90 bits per heavy atom. The lowest BCUT2D eigenvalue weighted by molar-refractivity contribution is -0.129. The van der Waals surface area contributed by atoms with Gasteiger partial charge in [-0.15, -0.1) is 0 Å². The van der Waals surface area contributed by atoms with E-state index in [1.165, 1.54) is 5.56 Å². The maximum Gasteiger partial charge on any atom is 0.253 e. The van der Waals surface area contributed by atoms with Crippen molar-refractivity contribution in [2.24, 2.45) is 0 Å². The Labute approximate surface area is 184 Å². The van der Waals surface area contributed by atoms with Crippen LogP contribution in [0.15, 0.2) is 40.1 Å². The van der Waals surface area contributed by atoms with Crippen LogP contribution in [0.1, 0.15) is 44.1 Å². The Bertz CT molecular complexity index is 911. The standard InChI is InChI=1S/C24H32N4O3/c1-3-21-20(6-5-17-30-21)24(29)28-15-13-27(14-16-28)12-4-7-22-25-23(26-31-22)19-10-8-18(2)9-11-19/h8-11H,3-7,12-17H2,1-2H3. The van der Waals surface area contributed by atoms with Gasteiger partial charge in [0, 0.05) is 44.6 Å². The van der Waals surface area contributed by atoms with Gasteiger partial charge in [-0.2, -0.15) is 4.98 Å². The van der Waals surface area contributed by atoms with E-state index >= 15 is 0 Å². The van der Waals surface area contributed by atoms with Gasteiger partial charge >= 0.3 is 0 Å². The van der Waals surface area contributed by atoms with Crippen molar-refractivity contribution in [1.29, 1.82) is 0 Å². The monoisotopic (exact) mass is 424 g/mol. The topological polar surface area (TPSA) is 71.7 Å². The van der Waals surface area contributed by atoms with Crippen molar-refractivity contribution in [2.45, 2.75) is 46.0 Å². The molecule has 2 aliphatic heterocycles. The first-order chi connectivity index (χ1) is 15.1. The molecule has 1 aromatic heterocycles. The van der Waals surface area contributed by atoms with Gasteiger partial charge in [0.25, 0.3) is 5.91 Å². The number of aromatic nitrogens is 2. The Morgan fingerprint density at radius 1 is 1.13 bits per heavy atom. The van der Waals surface area contributed by atoms with E-state index in [1.807, 2.05) is 17.0 Å². The number of carbonyl (C=O) groups excluding carboxylic acids is 1. The number of aryl methyl sites for hydroxylation is 2. The number of benzene rings is 1. The van der Waals surface area contributed by atoms with Gasteiger partial charge in [0.05, 0.1) is 12.2 Å². The maximum atomic E-state index is 12.9. The first-order valence-electron chi connectivity index (χ1n) is 11.4. The van der Waals surface area contributed by atoms with Crippen molar-refractivity contribution in [3.63, 3.8) is 0 Å². The highest BCUT2D eigenvalue weighted by Crippen LogP contribution is 2.24. The van der Waals surface area contributed by atoms with Gasteiger partial charge in [-0.05, 0) is 32.7 Å². The lowest BCUT2D eigenvalue weighted by Crippen LogP contribution is -2.49. The number of nitrogens with zero attached hydrogens (tertiary/aromatic N) is 4. The smallest absolute Gasteiger partial charge is 0.253 e. The molecule has 7 nitrogen and oxygen atoms in total. The van der Waals surface area contributed by atoms with Gasteiger partial charge in [-0.3, -0.25) is 9.69 Å². The summed E-state index contributed by atoms with van der Waals surface area (Å²) >= 11 is 0. The molecule has 1 fully saturated rings. The van der Waals surface area contributed by atoms with Gasteiger partial charge in [0.1, 0.15) is 5.76 Å². The van der Waals surface area contributed by atoms with E-state index < -0.39 is 0 Å². The normalized spacial score (nSPS) is 17.7. The summed E-state index contributed by atoms with van der Waals surface area (Å²) in [7, 11) is 0. The summed E-state index contributed by atoms with van der Waals surface area (Å²) in [5, 5.41) is 4.11. The molecule has 4 rings (SSSR count). The molecular weight excluding hydrogens is 392 g/mol. The van der Waals surface area contributed by atoms with Crippen LogP contribution in [-0.4, -0.2) is 65.2 Å². The van der Waals surface area contributed by atoms with Crippen LogP contribution in [0.3, 0.4) is 0 Å². The van der Waals surface area contributed by atoms with Gasteiger partial charge in [0.2, 0.25) is 11.7 Å². The van der Waals surface area contributed by atoms with Crippen LogP contribution in [0, 0.1) is 6.92 Å². The van der Waals surface area contributed by atoms with E-state index in [2.05, 4.69) is 41.0 Å². The molecule has 0 spiro atoms. The Hall–Kier alpha value is -2.67. The average molecular weight is 425 g/mol. The predicted molar refractivity (Wildman–Crippen MR) is 118 cm³/mol. The zero-order chi connectivity index (χ0) is 21.6. The van der Waals surface area contributed by atoms with Crippen LogP contribution in [0.5, 0.6) is 0 Å². The van der Waals surface area contributed by atoms with E-state index in [4.69, 9.17) is 9.26 Å². The highest BCUT2D eigenvalue weighted by Gasteiger charge is 2.27. The third kappa shape index (κ3) is 5.34. The fourth-order valence-electron chi connectivity index (χ4n) is 4.21. The molecule has 7 heteroatoms. The van der Waals surface area contributed by atoms with Crippen molar-refractivity contribution >= 4 is 5.91 Å². The third-order valence-electron chi connectivity index (χ3n) is 6.07. The number of carbonyl (C=O) groups is 1. The van der Waals surface area contributed by atoms with Crippen LogP contribution in [0.4, 0.5) is 0 Å². The molecule has 0 saturated carbocycles. The number of amides is 1. The van der Waals surface area contributed by atoms with E-state index in [9.17, 15) is 4.79 Å². The number of hydrogen-bond donors (Lipinski definition) is 0. The molecule has 2 aromatic rings. The van der Waals surface area contributed by atoms with E-state index in [0.29, 0.717) is 11.7 Å². The van der Waals surface area contributed by atoms with Crippen molar-refractivity contribution in [1.82, 2.24) is 19.9 Å². The largest absolute Gasteiger partial charge is 0.497 e. The van der Waals surface area contributed by atoms with Gasteiger partial charge < -0.3 is 14.2 Å². The Morgan fingerprint density at radius 3 is 2.65 bits per heavy atom. The van der Waals surface area contributed by atoms with Crippen molar-refractivity contribution in [3.8, 4) is 11.4 Å².